The Hall–Kier alpha value is -2.60. The van der Waals surface area contributed by atoms with Crippen molar-refractivity contribution in [3.63, 3.8) is 0 Å². The first kappa shape index (κ1) is 17.2. The van der Waals surface area contributed by atoms with Crippen LogP contribution in [0.1, 0.15) is 11.1 Å². The van der Waals surface area contributed by atoms with E-state index in [-0.39, 0.29) is 35.0 Å². The monoisotopic (exact) mass is 357 g/mol. The van der Waals surface area contributed by atoms with Crippen LogP contribution in [0.5, 0.6) is 5.75 Å². The standard InChI is InChI=1S/C19H16FNO3S/c1-13-5-7-16(8-6-13)24-10-9-21-18(22)17(25-19(21)23)12-14-3-2-4-15(20)11-14/h2-8,11-12H,9-10H2,1H3/b17-12-. The lowest BCUT2D eigenvalue weighted by molar-refractivity contribution is -0.123. The number of imide groups is 1. The van der Waals surface area contributed by atoms with Crippen LogP contribution in [0.4, 0.5) is 9.18 Å². The first-order valence-corrected chi connectivity index (χ1v) is 8.55. The van der Waals surface area contributed by atoms with Crippen LogP contribution in [-0.4, -0.2) is 29.2 Å². The quantitative estimate of drug-likeness (QED) is 0.751. The molecule has 1 saturated heterocycles. The van der Waals surface area contributed by atoms with Gasteiger partial charge in [-0.2, -0.15) is 0 Å². The Balaban J connectivity index is 1.62. The zero-order chi connectivity index (χ0) is 17.8. The summed E-state index contributed by atoms with van der Waals surface area (Å²) in [6.07, 6.45) is 1.52. The van der Waals surface area contributed by atoms with Gasteiger partial charge in [0.1, 0.15) is 18.2 Å². The molecule has 0 aliphatic carbocycles. The summed E-state index contributed by atoms with van der Waals surface area (Å²) in [6, 6.07) is 13.4. The third-order valence-corrected chi connectivity index (χ3v) is 4.53. The van der Waals surface area contributed by atoms with Crippen LogP contribution in [0.25, 0.3) is 6.08 Å². The molecule has 3 rings (SSSR count). The minimum absolute atomic E-state index is 0.166. The van der Waals surface area contributed by atoms with E-state index in [9.17, 15) is 14.0 Å². The highest BCUT2D eigenvalue weighted by Crippen LogP contribution is 2.32. The van der Waals surface area contributed by atoms with Crippen LogP contribution >= 0.6 is 11.8 Å². The molecule has 0 saturated carbocycles. The Kier molecular flexibility index (Phi) is 5.19. The van der Waals surface area contributed by atoms with Crippen LogP contribution < -0.4 is 4.74 Å². The van der Waals surface area contributed by atoms with E-state index in [0.29, 0.717) is 11.3 Å². The molecule has 0 N–H and O–H groups in total. The molecule has 1 aliphatic rings. The third-order valence-electron chi connectivity index (χ3n) is 3.62. The van der Waals surface area contributed by atoms with Crippen molar-refractivity contribution in [2.24, 2.45) is 0 Å². The number of carbonyl (C=O) groups is 2. The normalized spacial score (nSPS) is 15.9. The van der Waals surface area contributed by atoms with Crippen molar-refractivity contribution in [1.29, 1.82) is 0 Å². The van der Waals surface area contributed by atoms with Crippen molar-refractivity contribution in [3.8, 4) is 5.75 Å². The smallest absolute Gasteiger partial charge is 0.293 e. The molecule has 0 radical (unpaired) electrons. The number of hydrogen-bond donors (Lipinski definition) is 0. The van der Waals surface area contributed by atoms with Gasteiger partial charge in [-0.05, 0) is 54.6 Å². The highest BCUT2D eigenvalue weighted by Gasteiger charge is 2.34. The fourth-order valence-electron chi connectivity index (χ4n) is 2.33. The van der Waals surface area contributed by atoms with E-state index in [1.54, 1.807) is 12.1 Å². The maximum Gasteiger partial charge on any atom is 0.293 e. The molecule has 1 fully saturated rings. The number of aryl methyl sites for hydroxylation is 1. The average Bonchev–Trinajstić information content (AvgIpc) is 2.84. The predicted molar refractivity (Wildman–Crippen MR) is 95.8 cm³/mol. The van der Waals surface area contributed by atoms with Crippen molar-refractivity contribution in [2.75, 3.05) is 13.2 Å². The number of nitrogens with zero attached hydrogens (tertiary/aromatic N) is 1. The zero-order valence-corrected chi connectivity index (χ0v) is 14.4. The van der Waals surface area contributed by atoms with Crippen LogP contribution in [0, 0.1) is 12.7 Å². The molecular formula is C19H16FNO3S. The lowest BCUT2D eigenvalue weighted by atomic mass is 10.2. The number of amides is 2. The first-order chi connectivity index (χ1) is 12.0. The maximum absolute atomic E-state index is 13.2. The van der Waals surface area contributed by atoms with Gasteiger partial charge in [-0.25, -0.2) is 4.39 Å². The van der Waals surface area contributed by atoms with E-state index in [1.165, 1.54) is 18.2 Å². The molecule has 2 aromatic rings. The van der Waals surface area contributed by atoms with E-state index in [0.717, 1.165) is 22.2 Å². The highest BCUT2D eigenvalue weighted by atomic mass is 32.2. The maximum atomic E-state index is 13.2. The molecule has 0 spiro atoms. The van der Waals surface area contributed by atoms with E-state index in [1.807, 2.05) is 31.2 Å². The predicted octanol–water partition coefficient (Wildman–Crippen LogP) is 4.25. The molecule has 0 unspecified atom stereocenters. The molecule has 0 aromatic heterocycles. The summed E-state index contributed by atoms with van der Waals surface area (Å²) < 4.78 is 18.8. The lowest BCUT2D eigenvalue weighted by Crippen LogP contribution is -2.32. The van der Waals surface area contributed by atoms with Crippen LogP contribution in [-0.2, 0) is 4.79 Å². The van der Waals surface area contributed by atoms with Crippen molar-refractivity contribution in [1.82, 2.24) is 4.90 Å². The van der Waals surface area contributed by atoms with Gasteiger partial charge in [0.2, 0.25) is 0 Å². The summed E-state index contributed by atoms with van der Waals surface area (Å²) in [4.78, 5) is 25.8. The molecule has 0 bridgehead atoms. The second kappa shape index (κ2) is 7.53. The van der Waals surface area contributed by atoms with Gasteiger partial charge in [-0.3, -0.25) is 14.5 Å². The molecule has 25 heavy (non-hydrogen) atoms. The van der Waals surface area contributed by atoms with Gasteiger partial charge in [0.15, 0.2) is 0 Å². The molecular weight excluding hydrogens is 341 g/mol. The molecule has 128 valence electrons. The topological polar surface area (TPSA) is 46.6 Å². The third kappa shape index (κ3) is 4.28. The van der Waals surface area contributed by atoms with Crippen molar-refractivity contribution >= 4 is 29.0 Å². The van der Waals surface area contributed by atoms with Gasteiger partial charge < -0.3 is 4.74 Å². The summed E-state index contributed by atoms with van der Waals surface area (Å²) in [5.41, 5.74) is 1.67. The zero-order valence-electron chi connectivity index (χ0n) is 13.6. The van der Waals surface area contributed by atoms with Gasteiger partial charge >= 0.3 is 0 Å². The summed E-state index contributed by atoms with van der Waals surface area (Å²) in [7, 11) is 0. The number of hydrogen-bond acceptors (Lipinski definition) is 4. The Labute approximate surface area is 149 Å². The number of halogens is 1. The van der Waals surface area contributed by atoms with E-state index in [4.69, 9.17) is 4.74 Å². The second-order valence-corrected chi connectivity index (χ2v) is 6.54. The number of ether oxygens (including phenoxy) is 1. The lowest BCUT2D eigenvalue weighted by Gasteiger charge is -2.13. The van der Waals surface area contributed by atoms with Crippen molar-refractivity contribution < 1.29 is 18.7 Å². The van der Waals surface area contributed by atoms with Crippen molar-refractivity contribution in [2.45, 2.75) is 6.92 Å². The van der Waals surface area contributed by atoms with Gasteiger partial charge in [0.05, 0.1) is 11.4 Å². The molecule has 0 atom stereocenters. The summed E-state index contributed by atoms with van der Waals surface area (Å²) in [5, 5.41) is -0.347. The number of rotatable bonds is 5. The van der Waals surface area contributed by atoms with Gasteiger partial charge in [0, 0.05) is 0 Å². The Morgan fingerprint density at radius 1 is 1.16 bits per heavy atom. The molecule has 6 heteroatoms. The average molecular weight is 357 g/mol. The SMILES string of the molecule is Cc1ccc(OCCN2C(=O)S/C(=C\c3cccc(F)c3)C2=O)cc1. The highest BCUT2D eigenvalue weighted by molar-refractivity contribution is 8.18. The van der Waals surface area contributed by atoms with Gasteiger partial charge in [0.25, 0.3) is 11.1 Å². The number of thioether (sulfide) groups is 1. The second-order valence-electron chi connectivity index (χ2n) is 5.55. The Morgan fingerprint density at radius 3 is 2.64 bits per heavy atom. The van der Waals surface area contributed by atoms with E-state index in [2.05, 4.69) is 0 Å². The van der Waals surface area contributed by atoms with Crippen LogP contribution in [0.2, 0.25) is 0 Å². The molecule has 2 aromatic carbocycles. The number of benzene rings is 2. The summed E-state index contributed by atoms with van der Waals surface area (Å²) >= 11 is 0.851. The van der Waals surface area contributed by atoms with Gasteiger partial charge in [-0.1, -0.05) is 29.8 Å². The van der Waals surface area contributed by atoms with Crippen LogP contribution in [0.3, 0.4) is 0 Å². The van der Waals surface area contributed by atoms with E-state index >= 15 is 0 Å². The summed E-state index contributed by atoms with van der Waals surface area (Å²) in [5.74, 6) is -0.0841. The molecule has 1 aliphatic heterocycles. The molecule has 1 heterocycles. The number of carbonyl (C=O) groups excluding carboxylic acids is 2. The minimum atomic E-state index is -0.389. The Morgan fingerprint density at radius 2 is 1.92 bits per heavy atom. The fraction of sp³-hybridized carbons (Fsp3) is 0.158. The first-order valence-electron chi connectivity index (χ1n) is 7.73. The van der Waals surface area contributed by atoms with Crippen LogP contribution in [0.15, 0.2) is 53.4 Å². The molecule has 2 amide bonds. The summed E-state index contributed by atoms with van der Waals surface area (Å²) in [6.45, 7) is 2.36. The van der Waals surface area contributed by atoms with Gasteiger partial charge in [-0.15, -0.1) is 0 Å². The molecule has 4 nitrogen and oxygen atoms in total. The van der Waals surface area contributed by atoms with Crippen molar-refractivity contribution in [3.05, 3.63) is 70.4 Å². The minimum Gasteiger partial charge on any atom is -0.492 e. The van der Waals surface area contributed by atoms with E-state index < -0.39 is 0 Å². The Bertz CT molecular complexity index is 833. The fourth-order valence-corrected chi connectivity index (χ4v) is 3.19. The largest absolute Gasteiger partial charge is 0.492 e.